The number of rotatable bonds is 12. The van der Waals surface area contributed by atoms with Crippen LogP contribution < -0.4 is 9.62 Å². The van der Waals surface area contributed by atoms with E-state index in [0.29, 0.717) is 12.8 Å². The molecule has 2 aromatic carbocycles. The van der Waals surface area contributed by atoms with Crippen LogP contribution in [0.1, 0.15) is 39.2 Å². The number of carbonyl (C=O) groups excluding carboxylic acids is 2. The molecule has 0 saturated carbocycles. The van der Waals surface area contributed by atoms with Crippen molar-refractivity contribution in [3.8, 4) is 0 Å². The maximum absolute atomic E-state index is 13.6. The molecule has 0 unspecified atom stereocenters. The van der Waals surface area contributed by atoms with E-state index in [1.165, 1.54) is 23.1 Å². The average Bonchev–Trinajstić information content (AvgIpc) is 2.82. The molecule has 0 heterocycles. The Morgan fingerprint density at radius 1 is 1.06 bits per heavy atom. The van der Waals surface area contributed by atoms with Gasteiger partial charge in [0, 0.05) is 24.7 Å². The van der Waals surface area contributed by atoms with Gasteiger partial charge >= 0.3 is 0 Å². The number of benzene rings is 2. The summed E-state index contributed by atoms with van der Waals surface area (Å²) in [6.45, 7) is 5.06. The Morgan fingerprint density at radius 2 is 1.71 bits per heavy atom. The molecule has 2 rings (SSSR count). The van der Waals surface area contributed by atoms with Gasteiger partial charge in [0.25, 0.3) is 5.69 Å². The summed E-state index contributed by atoms with van der Waals surface area (Å²) < 4.78 is 26.0. The summed E-state index contributed by atoms with van der Waals surface area (Å²) in [5, 5.41) is 14.1. The van der Waals surface area contributed by atoms with Crippen molar-refractivity contribution in [1.82, 2.24) is 10.2 Å². The number of nitro groups is 1. The number of anilines is 1. The molecule has 0 bridgehead atoms. The molecular weight excluding hydrogens is 472 g/mol. The third-order valence-corrected chi connectivity index (χ3v) is 6.73. The molecule has 10 nitrogen and oxygen atoms in total. The van der Waals surface area contributed by atoms with E-state index in [4.69, 9.17) is 0 Å². The highest BCUT2D eigenvalue weighted by atomic mass is 32.2. The maximum Gasteiger partial charge on any atom is 0.271 e. The summed E-state index contributed by atoms with van der Waals surface area (Å²) in [4.78, 5) is 38.5. The lowest BCUT2D eigenvalue weighted by atomic mass is 10.1. The van der Waals surface area contributed by atoms with Gasteiger partial charge in [0.15, 0.2) is 0 Å². The van der Waals surface area contributed by atoms with E-state index in [2.05, 4.69) is 5.32 Å². The zero-order valence-corrected chi connectivity index (χ0v) is 21.2. The molecule has 190 valence electrons. The number of nitrogens with zero attached hydrogens (tertiary/aromatic N) is 3. The predicted molar refractivity (Wildman–Crippen MR) is 134 cm³/mol. The minimum atomic E-state index is -3.97. The molecule has 2 aromatic rings. The van der Waals surface area contributed by atoms with Crippen LogP contribution in [-0.2, 0) is 26.2 Å². The third kappa shape index (κ3) is 7.78. The highest BCUT2D eigenvalue weighted by Gasteiger charge is 2.32. The predicted octanol–water partition coefficient (Wildman–Crippen LogP) is 3.08. The lowest BCUT2D eigenvalue weighted by Crippen LogP contribution is -2.53. The Labute approximate surface area is 206 Å². The highest BCUT2D eigenvalue weighted by molar-refractivity contribution is 7.92. The smallest absolute Gasteiger partial charge is 0.271 e. The van der Waals surface area contributed by atoms with Crippen LogP contribution in [0.3, 0.4) is 0 Å². The van der Waals surface area contributed by atoms with Gasteiger partial charge in [-0.3, -0.25) is 24.0 Å². The van der Waals surface area contributed by atoms with Crippen LogP contribution in [0, 0.1) is 10.1 Å². The lowest BCUT2D eigenvalue weighted by Gasteiger charge is -2.33. The van der Waals surface area contributed by atoms with Crippen LogP contribution in [0.5, 0.6) is 0 Å². The van der Waals surface area contributed by atoms with Crippen molar-refractivity contribution in [1.29, 1.82) is 0 Å². The van der Waals surface area contributed by atoms with Crippen molar-refractivity contribution in [2.45, 2.75) is 52.2 Å². The van der Waals surface area contributed by atoms with Crippen LogP contribution >= 0.6 is 0 Å². The number of nitrogens with one attached hydrogen (secondary N) is 1. The van der Waals surface area contributed by atoms with Crippen LogP contribution in [0.25, 0.3) is 0 Å². The lowest BCUT2D eigenvalue weighted by molar-refractivity contribution is -0.384. The zero-order chi connectivity index (χ0) is 26.2. The molecule has 1 N–H and O–H groups in total. The van der Waals surface area contributed by atoms with Crippen LogP contribution in [-0.4, -0.2) is 54.9 Å². The first-order chi connectivity index (χ1) is 16.5. The Hall–Kier alpha value is -3.47. The number of amides is 2. The Kier molecular flexibility index (Phi) is 9.76. The van der Waals surface area contributed by atoms with Crippen LogP contribution in [0.15, 0.2) is 54.6 Å². The number of nitro benzene ring substituents is 1. The Bertz CT molecular complexity index is 1140. The monoisotopic (exact) mass is 504 g/mol. The van der Waals surface area contributed by atoms with Crippen LogP contribution in [0.4, 0.5) is 11.4 Å². The summed E-state index contributed by atoms with van der Waals surface area (Å²) in [6, 6.07) is 13.2. The van der Waals surface area contributed by atoms with Gasteiger partial charge in [0.2, 0.25) is 21.8 Å². The normalized spacial score (nSPS) is 12.9. The fraction of sp³-hybridized carbons (Fsp3) is 0.417. The van der Waals surface area contributed by atoms with Gasteiger partial charge in [-0.25, -0.2) is 8.42 Å². The molecule has 2 amide bonds. The van der Waals surface area contributed by atoms with Crippen LogP contribution in [0.2, 0.25) is 0 Å². The molecular formula is C24H32N4O6S. The van der Waals surface area contributed by atoms with E-state index < -0.39 is 33.4 Å². The summed E-state index contributed by atoms with van der Waals surface area (Å²) in [5.74, 6) is -0.927. The van der Waals surface area contributed by atoms with Crippen molar-refractivity contribution in [3.05, 3.63) is 70.3 Å². The number of sulfonamides is 1. The summed E-state index contributed by atoms with van der Waals surface area (Å²) >= 11 is 0. The summed E-state index contributed by atoms with van der Waals surface area (Å²) in [6.07, 6.45) is 1.95. The molecule has 2 atom stereocenters. The van der Waals surface area contributed by atoms with Gasteiger partial charge in [-0.2, -0.15) is 0 Å². The molecule has 35 heavy (non-hydrogen) atoms. The third-order valence-electron chi connectivity index (χ3n) is 5.59. The van der Waals surface area contributed by atoms with Crippen molar-refractivity contribution < 1.29 is 22.9 Å². The number of hydrogen-bond donors (Lipinski definition) is 1. The molecule has 11 heteroatoms. The van der Waals surface area contributed by atoms with Crippen molar-refractivity contribution in [3.63, 3.8) is 0 Å². The minimum Gasteiger partial charge on any atom is -0.352 e. The first-order valence-corrected chi connectivity index (χ1v) is 13.2. The number of hydrogen-bond acceptors (Lipinski definition) is 6. The Morgan fingerprint density at radius 3 is 2.26 bits per heavy atom. The van der Waals surface area contributed by atoms with E-state index in [-0.39, 0.29) is 29.9 Å². The number of non-ortho nitro benzene ring substituents is 1. The molecule has 0 fully saturated rings. The van der Waals surface area contributed by atoms with Gasteiger partial charge in [0.1, 0.15) is 12.6 Å². The van der Waals surface area contributed by atoms with E-state index >= 15 is 0 Å². The van der Waals surface area contributed by atoms with E-state index in [1.54, 1.807) is 6.92 Å². The second kappa shape index (κ2) is 12.3. The molecule has 0 spiro atoms. The molecule has 0 aromatic heterocycles. The fourth-order valence-corrected chi connectivity index (χ4v) is 4.36. The van der Waals surface area contributed by atoms with Gasteiger partial charge in [0.05, 0.1) is 16.9 Å². The Balaban J connectivity index is 2.45. The first-order valence-electron chi connectivity index (χ1n) is 11.3. The largest absolute Gasteiger partial charge is 0.352 e. The van der Waals surface area contributed by atoms with Gasteiger partial charge in [-0.15, -0.1) is 0 Å². The van der Waals surface area contributed by atoms with Crippen molar-refractivity contribution in [2.24, 2.45) is 0 Å². The fourth-order valence-electron chi connectivity index (χ4n) is 3.52. The SMILES string of the molecule is CC[C@@H](C)NC(=O)[C@@H](CC)N(Cc1ccccc1)C(=O)CN(c1cccc([N+](=O)[O-])c1)S(C)(=O)=O. The molecule has 0 aliphatic rings. The second-order valence-electron chi connectivity index (χ2n) is 8.30. The quantitative estimate of drug-likeness (QED) is 0.349. The van der Waals surface area contributed by atoms with Gasteiger partial charge < -0.3 is 10.2 Å². The standard InChI is InChI=1S/C24H32N4O6S/c1-5-18(3)25-24(30)22(6-2)26(16-19-11-8-7-9-12-19)23(29)17-27(35(4,33)34)20-13-10-14-21(15-20)28(31)32/h7-15,18,22H,5-6,16-17H2,1-4H3,(H,25,30)/t18-,22-/m1/s1. The average molecular weight is 505 g/mol. The molecule has 0 saturated heterocycles. The van der Waals surface area contributed by atoms with Gasteiger partial charge in [-0.05, 0) is 31.4 Å². The van der Waals surface area contributed by atoms with Crippen molar-refractivity contribution in [2.75, 3.05) is 17.1 Å². The highest BCUT2D eigenvalue weighted by Crippen LogP contribution is 2.24. The minimum absolute atomic E-state index is 0.00758. The zero-order valence-electron chi connectivity index (χ0n) is 20.4. The summed E-state index contributed by atoms with van der Waals surface area (Å²) in [5.41, 5.74) is 0.466. The molecule has 0 aliphatic carbocycles. The first kappa shape index (κ1) is 27.8. The maximum atomic E-state index is 13.6. The molecule has 0 radical (unpaired) electrons. The van der Waals surface area contributed by atoms with E-state index in [0.717, 1.165) is 22.2 Å². The van der Waals surface area contributed by atoms with Gasteiger partial charge in [-0.1, -0.05) is 50.2 Å². The van der Waals surface area contributed by atoms with Crippen molar-refractivity contribution >= 4 is 33.2 Å². The van der Waals surface area contributed by atoms with E-state index in [9.17, 15) is 28.1 Å². The second-order valence-corrected chi connectivity index (χ2v) is 10.2. The molecule has 0 aliphatic heterocycles. The van der Waals surface area contributed by atoms with E-state index in [1.807, 2.05) is 44.2 Å². The topological polar surface area (TPSA) is 130 Å². The number of carbonyl (C=O) groups is 2. The summed E-state index contributed by atoms with van der Waals surface area (Å²) in [7, 11) is -3.97.